The highest BCUT2D eigenvalue weighted by atomic mass is 127. The van der Waals surface area contributed by atoms with E-state index in [-0.39, 0.29) is 3.57 Å². The van der Waals surface area contributed by atoms with Crippen molar-refractivity contribution in [1.82, 2.24) is 4.98 Å². The minimum atomic E-state index is -4.49. The summed E-state index contributed by atoms with van der Waals surface area (Å²) in [5, 5.41) is 0. The third-order valence-electron chi connectivity index (χ3n) is 1.50. The van der Waals surface area contributed by atoms with Crippen LogP contribution in [-0.4, -0.2) is 13.4 Å². The first kappa shape index (κ1) is 12.8. The Balaban J connectivity index is 3.77. The second-order valence-electron chi connectivity index (χ2n) is 2.45. The van der Waals surface area contributed by atoms with Crippen molar-refractivity contribution in [3.8, 4) is 0 Å². The Bertz CT molecular complexity index is 542. The summed E-state index contributed by atoms with van der Waals surface area (Å²) in [6, 6.07) is 0. The molecule has 1 heterocycles. The second kappa shape index (κ2) is 4.34. The summed E-state index contributed by atoms with van der Waals surface area (Å²) in [4.78, 5) is 12.0. The molecule has 0 aliphatic rings. The van der Waals surface area contributed by atoms with Gasteiger partial charge in [0.15, 0.2) is 4.90 Å². The van der Waals surface area contributed by atoms with E-state index in [1.807, 2.05) is 4.98 Å². The van der Waals surface area contributed by atoms with Gasteiger partial charge in [0.25, 0.3) is 21.0 Å². The Kier molecular flexibility index (Phi) is 3.71. The molecule has 0 radical (unpaired) electrons. The van der Waals surface area contributed by atoms with Gasteiger partial charge in [0.1, 0.15) is 0 Å². The van der Waals surface area contributed by atoms with Crippen molar-refractivity contribution in [3.05, 3.63) is 25.7 Å². The predicted molar refractivity (Wildman–Crippen MR) is 57.8 cm³/mol. The maximum absolute atomic E-state index is 12.5. The molecule has 15 heavy (non-hydrogen) atoms. The van der Waals surface area contributed by atoms with Crippen LogP contribution in [-0.2, 0) is 9.05 Å². The summed E-state index contributed by atoms with van der Waals surface area (Å²) in [7, 11) is 0.413. The Morgan fingerprint density at radius 3 is 2.33 bits per heavy atom. The summed E-state index contributed by atoms with van der Waals surface area (Å²) in [5.74, 6) is 0. The Hall–Kier alpha value is -0.220. The minimum Gasteiger partial charge on any atom is -0.327 e. The smallest absolute Gasteiger partial charge is 0.268 e. The van der Waals surface area contributed by atoms with Crippen LogP contribution in [0.15, 0.2) is 15.9 Å². The van der Waals surface area contributed by atoms with Crippen LogP contribution in [0, 0.1) is 3.57 Å². The normalized spacial score (nSPS) is 12.1. The summed E-state index contributed by atoms with van der Waals surface area (Å²) in [6.45, 7) is 0. The third-order valence-corrected chi connectivity index (χ3v) is 3.75. The molecule has 1 rings (SSSR count). The number of halogens is 4. The van der Waals surface area contributed by atoms with E-state index in [9.17, 15) is 22.0 Å². The largest absolute Gasteiger partial charge is 0.327 e. The van der Waals surface area contributed by atoms with E-state index in [4.69, 9.17) is 10.7 Å². The van der Waals surface area contributed by atoms with E-state index in [0.717, 1.165) is 6.20 Å². The van der Waals surface area contributed by atoms with Gasteiger partial charge < -0.3 is 4.98 Å². The molecule has 0 spiro atoms. The predicted octanol–water partition coefficient (Wildman–Crippen LogP) is 1.84. The van der Waals surface area contributed by atoms with E-state index in [2.05, 4.69) is 0 Å². The molecule has 1 N–H and O–H groups in total. The number of pyridine rings is 1. The van der Waals surface area contributed by atoms with Gasteiger partial charge in [-0.15, -0.1) is 0 Å². The highest BCUT2D eigenvalue weighted by Gasteiger charge is 2.27. The standard InChI is InChI=1S/C6H3ClF2INO3S/c7-15(13,14)4-3(5(8)9)2(10)1-11-6(4)12/h1,5H,(H,11,12). The molecule has 1 aromatic rings. The molecule has 0 saturated heterocycles. The molecular formula is C6H3ClF2INO3S. The van der Waals surface area contributed by atoms with Crippen molar-refractivity contribution in [1.29, 1.82) is 0 Å². The van der Waals surface area contributed by atoms with Crippen molar-refractivity contribution in [3.63, 3.8) is 0 Å². The van der Waals surface area contributed by atoms with Gasteiger partial charge in [0, 0.05) is 20.4 Å². The first-order chi connectivity index (χ1) is 6.75. The highest BCUT2D eigenvalue weighted by Crippen LogP contribution is 2.29. The summed E-state index contributed by atoms with van der Waals surface area (Å²) in [5.41, 5.74) is -2.02. The van der Waals surface area contributed by atoms with Crippen LogP contribution in [0.1, 0.15) is 12.0 Å². The van der Waals surface area contributed by atoms with Gasteiger partial charge in [-0.05, 0) is 22.6 Å². The zero-order valence-corrected chi connectivity index (χ0v) is 10.5. The lowest BCUT2D eigenvalue weighted by Crippen LogP contribution is -2.18. The summed E-state index contributed by atoms with van der Waals surface area (Å²) >= 11 is 1.48. The van der Waals surface area contributed by atoms with Crippen LogP contribution in [0.2, 0.25) is 0 Å². The maximum atomic E-state index is 12.5. The maximum Gasteiger partial charge on any atom is 0.268 e. The van der Waals surface area contributed by atoms with E-state index in [1.165, 1.54) is 22.6 Å². The second-order valence-corrected chi connectivity index (χ2v) is 6.11. The fourth-order valence-corrected chi connectivity index (χ4v) is 2.99. The monoisotopic (exact) mass is 369 g/mol. The molecule has 1 aromatic heterocycles. The number of nitrogens with one attached hydrogen (secondary N) is 1. The SMILES string of the molecule is O=c1[nH]cc(I)c(C(F)F)c1S(=O)(=O)Cl. The highest BCUT2D eigenvalue weighted by molar-refractivity contribution is 14.1. The van der Waals surface area contributed by atoms with E-state index in [1.54, 1.807) is 0 Å². The number of hydrogen-bond donors (Lipinski definition) is 1. The fourth-order valence-electron chi connectivity index (χ4n) is 0.948. The average molecular weight is 370 g/mol. The van der Waals surface area contributed by atoms with E-state index in [0.29, 0.717) is 0 Å². The molecule has 0 aliphatic carbocycles. The van der Waals surface area contributed by atoms with Crippen LogP contribution >= 0.6 is 33.3 Å². The van der Waals surface area contributed by atoms with Crippen LogP contribution < -0.4 is 5.56 Å². The van der Waals surface area contributed by atoms with Gasteiger partial charge in [0.2, 0.25) is 0 Å². The minimum absolute atomic E-state index is 0.0681. The molecule has 0 aliphatic heterocycles. The number of alkyl halides is 2. The number of H-pyrrole nitrogens is 1. The molecule has 84 valence electrons. The number of aromatic amines is 1. The van der Waals surface area contributed by atoms with Crippen LogP contribution in [0.4, 0.5) is 8.78 Å². The fraction of sp³-hybridized carbons (Fsp3) is 0.167. The zero-order chi connectivity index (χ0) is 11.8. The van der Waals surface area contributed by atoms with Crippen LogP contribution in [0.3, 0.4) is 0 Å². The quantitative estimate of drug-likeness (QED) is 0.639. The number of hydrogen-bond acceptors (Lipinski definition) is 3. The summed E-state index contributed by atoms with van der Waals surface area (Å²) in [6.07, 6.45) is -2.08. The first-order valence-electron chi connectivity index (χ1n) is 3.39. The van der Waals surface area contributed by atoms with Gasteiger partial charge in [-0.3, -0.25) is 4.79 Å². The first-order valence-corrected chi connectivity index (χ1v) is 6.78. The van der Waals surface area contributed by atoms with Crippen molar-refractivity contribution >= 4 is 42.3 Å². The van der Waals surface area contributed by atoms with Gasteiger partial charge in [-0.25, -0.2) is 17.2 Å². The van der Waals surface area contributed by atoms with Crippen LogP contribution in [0.5, 0.6) is 0 Å². The Morgan fingerprint density at radius 2 is 2.00 bits per heavy atom. The van der Waals surface area contributed by atoms with E-state index >= 15 is 0 Å². The Morgan fingerprint density at radius 1 is 1.47 bits per heavy atom. The lowest BCUT2D eigenvalue weighted by molar-refractivity contribution is 0.146. The number of rotatable bonds is 2. The Labute approximate surface area is 101 Å². The van der Waals surface area contributed by atoms with Crippen molar-refractivity contribution < 1.29 is 17.2 Å². The van der Waals surface area contributed by atoms with Crippen molar-refractivity contribution in [2.45, 2.75) is 11.3 Å². The van der Waals surface area contributed by atoms with Crippen LogP contribution in [0.25, 0.3) is 0 Å². The lowest BCUT2D eigenvalue weighted by Gasteiger charge is -2.06. The van der Waals surface area contributed by atoms with Crippen molar-refractivity contribution in [2.75, 3.05) is 0 Å². The van der Waals surface area contributed by atoms with Gasteiger partial charge in [0.05, 0.1) is 5.56 Å². The molecule has 0 fully saturated rings. The molecule has 9 heteroatoms. The van der Waals surface area contributed by atoms with Gasteiger partial charge >= 0.3 is 0 Å². The molecule has 0 bridgehead atoms. The van der Waals surface area contributed by atoms with Gasteiger partial charge in [-0.2, -0.15) is 0 Å². The topological polar surface area (TPSA) is 67.0 Å². The van der Waals surface area contributed by atoms with Crippen molar-refractivity contribution in [2.24, 2.45) is 0 Å². The third kappa shape index (κ3) is 2.67. The zero-order valence-electron chi connectivity index (χ0n) is 6.80. The molecule has 0 saturated carbocycles. The molecule has 4 nitrogen and oxygen atoms in total. The molecule has 0 aromatic carbocycles. The van der Waals surface area contributed by atoms with E-state index < -0.39 is 31.5 Å². The lowest BCUT2D eigenvalue weighted by atomic mass is 10.3. The molecule has 0 atom stereocenters. The van der Waals surface area contributed by atoms with Gasteiger partial charge in [-0.1, -0.05) is 0 Å². The number of aromatic nitrogens is 1. The molecular weight excluding hydrogens is 366 g/mol. The molecule has 0 unspecified atom stereocenters. The average Bonchev–Trinajstić information content (AvgIpc) is 2.05. The summed E-state index contributed by atoms with van der Waals surface area (Å²) < 4.78 is 46.8. The molecule has 0 amide bonds.